The molecule has 3 aliphatic rings. The van der Waals surface area contributed by atoms with Crippen LogP contribution in [0.15, 0.2) is 24.3 Å². The van der Waals surface area contributed by atoms with Crippen molar-refractivity contribution in [2.45, 2.75) is 211 Å². The normalized spacial score (nSPS) is 38.6. The van der Waals surface area contributed by atoms with Gasteiger partial charge in [-0.1, -0.05) is 32.9 Å². The fourth-order valence-electron chi connectivity index (χ4n) is 10.8. The van der Waals surface area contributed by atoms with E-state index in [1.165, 1.54) is 33.1 Å². The molecule has 0 spiro atoms. The summed E-state index contributed by atoms with van der Waals surface area (Å²) in [5.74, 6) is -4.31. The summed E-state index contributed by atoms with van der Waals surface area (Å²) in [6.07, 6.45) is -9.01. The fraction of sp³-hybridized carbons (Fsp3) is 0.808. The number of carbonyl (C=O) groups is 4. The van der Waals surface area contributed by atoms with Crippen molar-refractivity contribution >= 4 is 24.3 Å². The van der Waals surface area contributed by atoms with Crippen LogP contribution in [0.4, 0.5) is 4.39 Å². The second-order valence-corrected chi connectivity index (χ2v) is 21.6. The summed E-state index contributed by atoms with van der Waals surface area (Å²) in [5, 5.41) is 72.5. The first-order valence-corrected chi connectivity index (χ1v) is 25.6. The van der Waals surface area contributed by atoms with E-state index in [0.717, 1.165) is 0 Å². The van der Waals surface area contributed by atoms with Gasteiger partial charge < -0.3 is 74.6 Å². The number of amides is 2. The van der Waals surface area contributed by atoms with Crippen LogP contribution in [0, 0.1) is 23.6 Å². The van der Waals surface area contributed by atoms with Crippen LogP contribution in [0.25, 0.3) is 0 Å². The van der Waals surface area contributed by atoms with Crippen LogP contribution in [0.5, 0.6) is 0 Å². The SMILES string of the molecule is CC[C@H]1OC(=O)[C@H](C)[C@@H](O[C@H]2C[C@@](C)(OC)[C@@H](O)[C@H](C)O2)[C@H](C)[C@@H](O[C@@H]2O[C@H](C)C[C@H](N(C)C)[C@H]2O)[C@](C)(O)C[C@@H](C)CN(CCCNC(=O)[C@H](Cc2ccc(F)cc2)NC(C)=O)[C@H](C)[C@@H](O)[C@]1(C)O.O=CO. The predicted octanol–water partition coefficient (Wildman–Crippen LogP) is 2.36. The summed E-state index contributed by atoms with van der Waals surface area (Å²) in [6.45, 7) is 19.0. The third-order valence-corrected chi connectivity index (χ3v) is 15.0. The first kappa shape index (κ1) is 63.8. The molecule has 0 unspecified atom stereocenters. The van der Waals surface area contributed by atoms with E-state index in [1.54, 1.807) is 60.6 Å². The molecule has 21 heteroatoms. The van der Waals surface area contributed by atoms with Gasteiger partial charge in [-0.2, -0.15) is 0 Å². The molecule has 0 aromatic heterocycles. The number of likely N-dealkylation sites (N-methyl/N-ethyl adjacent to an activating group) is 1. The minimum absolute atomic E-state index is 0.0766. The Bertz CT molecular complexity index is 1880. The van der Waals surface area contributed by atoms with Gasteiger partial charge in [-0.25, -0.2) is 4.39 Å². The molecule has 1 aromatic carbocycles. The van der Waals surface area contributed by atoms with Crippen LogP contribution in [-0.4, -0.2) is 202 Å². The van der Waals surface area contributed by atoms with E-state index >= 15 is 0 Å². The number of aliphatic hydroxyl groups excluding tert-OH is 3. The number of hydrogen-bond acceptors (Lipinski definition) is 17. The van der Waals surface area contributed by atoms with E-state index in [-0.39, 0.29) is 63.3 Å². The number of nitrogens with zero attached hydrogens (tertiary/aromatic N) is 2. The van der Waals surface area contributed by atoms with Gasteiger partial charge in [-0.15, -0.1) is 0 Å². The number of ether oxygens (including phenoxy) is 6. The van der Waals surface area contributed by atoms with Gasteiger partial charge in [0.25, 0.3) is 6.47 Å². The Morgan fingerprint density at radius 3 is 2.16 bits per heavy atom. The number of rotatable bonds is 15. The van der Waals surface area contributed by atoms with Crippen molar-refractivity contribution in [3.8, 4) is 0 Å². The molecule has 0 saturated carbocycles. The maximum Gasteiger partial charge on any atom is 0.311 e. The van der Waals surface area contributed by atoms with Crippen LogP contribution in [0.1, 0.15) is 114 Å². The summed E-state index contributed by atoms with van der Waals surface area (Å²) in [5.41, 5.74) is -4.11. The standard InChI is InChI=1S/C51H87FN4O14.CH2O2/c1-15-39-51(11,64)43(59)32(6)56(22-16-21-53-46(61)37(54-34(8)57)24-35-17-19-36(52)20-18-35)27-28(2)25-49(9,63)45(70-48-41(58)38(55(12)13)23-29(3)66-48)30(4)42(31(5)47(62)68-39)69-40-26-50(10,65-14)44(60)33(7)67-40;2-1-3/h17-20,28-33,37-45,48,58-60,63-64H,15-16,21-27H2,1-14H3,(H,53,61)(H,54,57);1H,(H,2,3)/t28-,29-,30+,31-,32-,33+,37+,38+,39-,40+,41-,42+,43-,44+,45-,48+,49-,50-,51-;/m1./s1. The van der Waals surface area contributed by atoms with Gasteiger partial charge in [0.1, 0.15) is 41.9 Å². The zero-order valence-electron chi connectivity index (χ0n) is 45.5. The molecule has 3 saturated heterocycles. The Balaban J connectivity index is 0.00000457. The number of cyclic esters (lactones) is 1. The Labute approximate surface area is 431 Å². The first-order chi connectivity index (χ1) is 34.0. The van der Waals surface area contributed by atoms with Crippen LogP contribution in [-0.2, 0) is 54.0 Å². The molecule has 4 rings (SSSR count). The molecule has 1 aromatic rings. The highest BCUT2D eigenvalue weighted by atomic mass is 19.1. The van der Waals surface area contributed by atoms with Crippen LogP contribution >= 0.6 is 0 Å². The van der Waals surface area contributed by atoms with E-state index in [1.807, 2.05) is 37.7 Å². The molecule has 19 atom stereocenters. The van der Waals surface area contributed by atoms with Crippen molar-refractivity contribution in [1.82, 2.24) is 20.4 Å². The van der Waals surface area contributed by atoms with Crippen molar-refractivity contribution in [3.05, 3.63) is 35.6 Å². The van der Waals surface area contributed by atoms with Crippen molar-refractivity contribution < 1.29 is 82.6 Å². The van der Waals surface area contributed by atoms with Gasteiger partial charge in [0, 0.05) is 64.5 Å². The molecule has 73 heavy (non-hydrogen) atoms. The number of nitrogens with one attached hydrogen (secondary N) is 2. The number of halogens is 1. The monoisotopic (exact) mass is 1040 g/mol. The largest absolute Gasteiger partial charge is 0.483 e. The molecule has 3 aliphatic heterocycles. The molecule has 3 fully saturated rings. The van der Waals surface area contributed by atoms with Crippen molar-refractivity contribution in [3.63, 3.8) is 0 Å². The second-order valence-electron chi connectivity index (χ2n) is 21.6. The minimum Gasteiger partial charge on any atom is -0.483 e. The third kappa shape index (κ3) is 17.3. The third-order valence-electron chi connectivity index (χ3n) is 15.0. The Morgan fingerprint density at radius 1 is 0.986 bits per heavy atom. The van der Waals surface area contributed by atoms with E-state index in [4.69, 9.17) is 38.3 Å². The van der Waals surface area contributed by atoms with Gasteiger partial charge in [-0.3, -0.25) is 24.1 Å². The summed E-state index contributed by atoms with van der Waals surface area (Å²) in [7, 11) is 5.20. The average molecular weight is 1050 g/mol. The molecule has 2 amide bonds. The Morgan fingerprint density at radius 2 is 1.60 bits per heavy atom. The number of methoxy groups -OCH3 is 1. The summed E-state index contributed by atoms with van der Waals surface area (Å²) in [4.78, 5) is 52.3. The van der Waals surface area contributed by atoms with Crippen molar-refractivity contribution in [2.75, 3.05) is 40.8 Å². The lowest BCUT2D eigenvalue weighted by atomic mass is 9.77. The van der Waals surface area contributed by atoms with Gasteiger partial charge in [0.2, 0.25) is 11.8 Å². The zero-order valence-corrected chi connectivity index (χ0v) is 45.5. The fourth-order valence-corrected chi connectivity index (χ4v) is 10.8. The summed E-state index contributed by atoms with van der Waals surface area (Å²) in [6, 6.07) is 3.65. The average Bonchev–Trinajstić information content (AvgIpc) is 3.31. The summed E-state index contributed by atoms with van der Waals surface area (Å²) < 4.78 is 51.6. The molecule has 0 bridgehead atoms. The number of hydrogen-bond donors (Lipinski definition) is 8. The van der Waals surface area contributed by atoms with Crippen LogP contribution in [0.3, 0.4) is 0 Å². The lowest BCUT2D eigenvalue weighted by Crippen LogP contribution is -2.60. The van der Waals surface area contributed by atoms with Crippen LogP contribution in [0.2, 0.25) is 0 Å². The van der Waals surface area contributed by atoms with Crippen LogP contribution < -0.4 is 10.6 Å². The van der Waals surface area contributed by atoms with Gasteiger partial charge in [-0.05, 0) is 112 Å². The molecule has 0 radical (unpaired) electrons. The Hall–Kier alpha value is -3.45. The minimum atomic E-state index is -1.98. The van der Waals surface area contributed by atoms with Gasteiger partial charge in [0.15, 0.2) is 12.6 Å². The van der Waals surface area contributed by atoms with Gasteiger partial charge >= 0.3 is 5.97 Å². The van der Waals surface area contributed by atoms with E-state index < -0.39 is 120 Å². The topological polar surface area (TPSA) is 276 Å². The maximum atomic E-state index is 14.6. The number of esters is 1. The zero-order chi connectivity index (χ0) is 55.3. The molecule has 3 heterocycles. The lowest BCUT2D eigenvalue weighted by Gasteiger charge is -2.48. The predicted molar refractivity (Wildman–Crippen MR) is 267 cm³/mol. The van der Waals surface area contributed by atoms with Crippen molar-refractivity contribution in [2.24, 2.45) is 17.8 Å². The maximum absolute atomic E-state index is 14.6. The first-order valence-electron chi connectivity index (χ1n) is 25.6. The summed E-state index contributed by atoms with van der Waals surface area (Å²) >= 11 is 0. The molecule has 8 N–H and O–H groups in total. The quantitative estimate of drug-likeness (QED) is 0.0712. The highest BCUT2D eigenvalue weighted by Crippen LogP contribution is 2.40. The molecule has 0 aliphatic carbocycles. The van der Waals surface area contributed by atoms with E-state index in [2.05, 4.69) is 10.6 Å². The highest BCUT2D eigenvalue weighted by Gasteiger charge is 2.53. The lowest BCUT2D eigenvalue weighted by molar-refractivity contribution is -0.318. The highest BCUT2D eigenvalue weighted by molar-refractivity contribution is 5.87. The Kier molecular flexibility index (Phi) is 24.6. The molecular formula is C52H89FN4O16. The second kappa shape index (κ2) is 28.1. The molecule has 20 nitrogen and oxygen atoms in total. The van der Waals surface area contributed by atoms with E-state index in [0.29, 0.717) is 24.9 Å². The number of carboxylic acid groups (broad SMARTS) is 1. The number of carbonyl (C=O) groups excluding carboxylic acids is 3. The van der Waals surface area contributed by atoms with Gasteiger partial charge in [0.05, 0.1) is 41.5 Å². The number of aliphatic hydroxyl groups is 5. The molecular weight excluding hydrogens is 956 g/mol. The number of benzene rings is 1. The molecule has 420 valence electrons. The van der Waals surface area contributed by atoms with E-state index in [9.17, 15) is 44.3 Å². The smallest absolute Gasteiger partial charge is 0.311 e. The van der Waals surface area contributed by atoms with Crippen molar-refractivity contribution in [1.29, 1.82) is 0 Å².